The third-order valence-electron chi connectivity index (χ3n) is 2.90. The van der Waals surface area contributed by atoms with Crippen LogP contribution in [0.15, 0.2) is 18.2 Å². The molecule has 0 spiro atoms. The Kier molecular flexibility index (Phi) is 3.00. The second kappa shape index (κ2) is 4.31. The van der Waals surface area contributed by atoms with Crippen LogP contribution in [0.4, 0.5) is 8.78 Å². The summed E-state index contributed by atoms with van der Waals surface area (Å²) < 4.78 is 31.2. The highest BCUT2D eigenvalue weighted by Crippen LogP contribution is 2.48. The van der Waals surface area contributed by atoms with E-state index in [9.17, 15) is 8.78 Å². The fourth-order valence-corrected chi connectivity index (χ4v) is 1.80. The van der Waals surface area contributed by atoms with Crippen molar-refractivity contribution in [3.8, 4) is 5.75 Å². The summed E-state index contributed by atoms with van der Waals surface area (Å²) in [6, 6.07) is 3.09. The molecule has 0 amide bonds. The van der Waals surface area contributed by atoms with Gasteiger partial charge in [0.1, 0.15) is 17.4 Å². The van der Waals surface area contributed by atoms with Crippen LogP contribution in [0.3, 0.4) is 0 Å². The summed E-state index contributed by atoms with van der Waals surface area (Å²) in [5, 5.41) is 7.24. The molecule has 1 aromatic carbocycles. The molecule has 17 heavy (non-hydrogen) atoms. The van der Waals surface area contributed by atoms with Crippen LogP contribution in [-0.4, -0.2) is 12.4 Å². The quantitative estimate of drug-likeness (QED) is 0.613. The van der Waals surface area contributed by atoms with Crippen LogP contribution in [0, 0.1) is 22.5 Å². The number of ether oxygens (including phenoxy) is 1. The third-order valence-corrected chi connectivity index (χ3v) is 2.90. The van der Waals surface area contributed by atoms with E-state index >= 15 is 0 Å². The van der Waals surface area contributed by atoms with E-state index in [1.807, 2.05) is 0 Å². The summed E-state index contributed by atoms with van der Waals surface area (Å²) in [4.78, 5) is 0. The molecule has 2 rings (SSSR count). The van der Waals surface area contributed by atoms with Crippen molar-refractivity contribution < 1.29 is 13.5 Å². The molecule has 1 aromatic rings. The molecule has 92 valence electrons. The van der Waals surface area contributed by atoms with Crippen LogP contribution < -0.4 is 10.5 Å². The van der Waals surface area contributed by atoms with E-state index in [1.165, 1.54) is 0 Å². The Hall–Kier alpha value is -1.65. The molecule has 0 heterocycles. The highest BCUT2D eigenvalue weighted by atomic mass is 19.1. The van der Waals surface area contributed by atoms with Gasteiger partial charge in [-0.3, -0.25) is 5.41 Å². The first kappa shape index (κ1) is 11.8. The second-order valence-electron chi connectivity index (χ2n) is 4.60. The number of hydrogen-bond donors (Lipinski definition) is 2. The standard InChI is InChI=1S/C12H14F2N2O/c13-8-3-9(14)5-10(4-8)17-7-12(1-2-12)6-11(15)16/h3-5H,1-2,6-7H2,(H3,15,16). The van der Waals surface area contributed by atoms with Crippen molar-refractivity contribution in [2.45, 2.75) is 19.3 Å². The van der Waals surface area contributed by atoms with Crippen molar-refractivity contribution in [2.75, 3.05) is 6.61 Å². The Labute approximate surface area is 98.1 Å². The fourth-order valence-electron chi connectivity index (χ4n) is 1.80. The van der Waals surface area contributed by atoms with E-state index in [2.05, 4.69) is 0 Å². The number of hydrogen-bond acceptors (Lipinski definition) is 2. The Morgan fingerprint density at radius 2 is 1.88 bits per heavy atom. The average molecular weight is 240 g/mol. The maximum absolute atomic E-state index is 12.9. The number of nitrogens with two attached hydrogens (primary N) is 1. The summed E-state index contributed by atoms with van der Waals surface area (Å²) >= 11 is 0. The molecule has 0 radical (unpaired) electrons. The summed E-state index contributed by atoms with van der Waals surface area (Å²) in [5.41, 5.74) is 5.24. The zero-order valence-corrected chi connectivity index (χ0v) is 9.30. The molecule has 3 nitrogen and oxygen atoms in total. The van der Waals surface area contributed by atoms with Gasteiger partial charge in [0.25, 0.3) is 0 Å². The van der Waals surface area contributed by atoms with Crippen molar-refractivity contribution in [3.05, 3.63) is 29.8 Å². The van der Waals surface area contributed by atoms with Crippen molar-refractivity contribution in [3.63, 3.8) is 0 Å². The van der Waals surface area contributed by atoms with Gasteiger partial charge >= 0.3 is 0 Å². The summed E-state index contributed by atoms with van der Waals surface area (Å²) in [5.74, 6) is -1.01. The zero-order chi connectivity index (χ0) is 12.5. The molecule has 0 atom stereocenters. The van der Waals surface area contributed by atoms with Crippen LogP contribution in [0.25, 0.3) is 0 Å². The van der Waals surface area contributed by atoms with Gasteiger partial charge in [-0.1, -0.05) is 0 Å². The smallest absolute Gasteiger partial charge is 0.129 e. The van der Waals surface area contributed by atoms with Crippen molar-refractivity contribution in [2.24, 2.45) is 11.1 Å². The minimum atomic E-state index is -0.656. The molecule has 0 aliphatic heterocycles. The van der Waals surface area contributed by atoms with Gasteiger partial charge < -0.3 is 10.5 Å². The maximum Gasteiger partial charge on any atom is 0.129 e. The van der Waals surface area contributed by atoms with Crippen molar-refractivity contribution >= 4 is 5.84 Å². The molecule has 1 saturated carbocycles. The number of nitrogens with one attached hydrogen (secondary N) is 1. The van der Waals surface area contributed by atoms with E-state index < -0.39 is 11.6 Å². The SMILES string of the molecule is N=C(N)CC1(COc2cc(F)cc(F)c2)CC1. The van der Waals surface area contributed by atoms with Crippen LogP contribution in [0.1, 0.15) is 19.3 Å². The average Bonchev–Trinajstić information content (AvgIpc) is 2.93. The van der Waals surface area contributed by atoms with Crippen LogP contribution in [-0.2, 0) is 0 Å². The third kappa shape index (κ3) is 3.15. The molecular weight excluding hydrogens is 226 g/mol. The van der Waals surface area contributed by atoms with Crippen LogP contribution >= 0.6 is 0 Å². The zero-order valence-electron chi connectivity index (χ0n) is 9.30. The topological polar surface area (TPSA) is 59.1 Å². The normalized spacial score (nSPS) is 16.6. The predicted molar refractivity (Wildman–Crippen MR) is 60.1 cm³/mol. The molecule has 0 unspecified atom stereocenters. The lowest BCUT2D eigenvalue weighted by atomic mass is 10.0. The van der Waals surface area contributed by atoms with Gasteiger partial charge in [0.05, 0.1) is 12.4 Å². The first-order valence-electron chi connectivity index (χ1n) is 5.41. The molecule has 0 saturated heterocycles. The van der Waals surface area contributed by atoms with E-state index in [-0.39, 0.29) is 17.0 Å². The Bertz CT molecular complexity index is 424. The lowest BCUT2D eigenvalue weighted by Crippen LogP contribution is -2.21. The molecule has 1 aliphatic rings. The van der Waals surface area contributed by atoms with E-state index in [0.717, 1.165) is 31.0 Å². The van der Waals surface area contributed by atoms with Gasteiger partial charge in [-0.15, -0.1) is 0 Å². The highest BCUT2D eigenvalue weighted by Gasteiger charge is 2.44. The van der Waals surface area contributed by atoms with E-state index in [1.54, 1.807) is 0 Å². The van der Waals surface area contributed by atoms with Crippen LogP contribution in [0.2, 0.25) is 0 Å². The molecule has 0 aromatic heterocycles. The summed E-state index contributed by atoms with van der Waals surface area (Å²) in [6.07, 6.45) is 2.35. The molecule has 1 fully saturated rings. The summed E-state index contributed by atoms with van der Waals surface area (Å²) in [7, 11) is 0. The first-order valence-corrected chi connectivity index (χ1v) is 5.41. The maximum atomic E-state index is 12.9. The molecule has 3 N–H and O–H groups in total. The fraction of sp³-hybridized carbons (Fsp3) is 0.417. The minimum Gasteiger partial charge on any atom is -0.493 e. The van der Waals surface area contributed by atoms with Crippen molar-refractivity contribution in [1.82, 2.24) is 0 Å². The van der Waals surface area contributed by atoms with Gasteiger partial charge in [0.2, 0.25) is 0 Å². The van der Waals surface area contributed by atoms with Gasteiger partial charge in [-0.25, -0.2) is 8.78 Å². The molecule has 1 aliphatic carbocycles. The first-order chi connectivity index (χ1) is 7.99. The Morgan fingerprint density at radius 1 is 1.29 bits per heavy atom. The number of rotatable bonds is 5. The largest absolute Gasteiger partial charge is 0.493 e. The number of amidine groups is 1. The molecular formula is C12H14F2N2O. The lowest BCUT2D eigenvalue weighted by molar-refractivity contribution is 0.236. The van der Waals surface area contributed by atoms with Crippen LogP contribution in [0.5, 0.6) is 5.75 Å². The second-order valence-corrected chi connectivity index (χ2v) is 4.60. The Balaban J connectivity index is 1.96. The lowest BCUT2D eigenvalue weighted by Gasteiger charge is -2.15. The number of benzene rings is 1. The van der Waals surface area contributed by atoms with Gasteiger partial charge in [-0.2, -0.15) is 0 Å². The van der Waals surface area contributed by atoms with Gasteiger partial charge in [0.15, 0.2) is 0 Å². The highest BCUT2D eigenvalue weighted by molar-refractivity contribution is 5.78. The Morgan fingerprint density at radius 3 is 2.35 bits per heavy atom. The van der Waals surface area contributed by atoms with E-state index in [4.69, 9.17) is 15.9 Å². The van der Waals surface area contributed by atoms with Crippen molar-refractivity contribution in [1.29, 1.82) is 5.41 Å². The van der Waals surface area contributed by atoms with Gasteiger partial charge in [-0.05, 0) is 12.8 Å². The number of halogens is 2. The van der Waals surface area contributed by atoms with Gasteiger partial charge in [0, 0.05) is 30.0 Å². The molecule has 5 heteroatoms. The van der Waals surface area contributed by atoms with E-state index in [0.29, 0.717) is 13.0 Å². The minimum absolute atomic E-state index is 0.103. The molecule has 0 bridgehead atoms. The monoisotopic (exact) mass is 240 g/mol. The predicted octanol–water partition coefficient (Wildman–Crippen LogP) is 2.45. The summed E-state index contributed by atoms with van der Waals surface area (Å²) in [6.45, 7) is 0.343.